The van der Waals surface area contributed by atoms with Gasteiger partial charge in [-0.15, -0.1) is 0 Å². The number of rotatable bonds is 1. The highest BCUT2D eigenvalue weighted by molar-refractivity contribution is 5.94. The fraction of sp³-hybridized carbons (Fsp3) is 0.714. The quantitative estimate of drug-likeness (QED) is 0.434. The number of hydrogen-bond donors (Lipinski definition) is 1. The largest absolute Gasteiger partial charge is 0.366 e. The molecule has 1 N–H and O–H groups in total. The fourth-order valence-electron chi connectivity index (χ4n) is 0.689. The number of nitrogens with one attached hydrogen (secondary N) is 1. The third-order valence-corrected chi connectivity index (χ3v) is 1.13. The highest BCUT2D eigenvalue weighted by Gasteiger charge is 1.96. The summed E-state index contributed by atoms with van der Waals surface area (Å²) in [5, 5.41) is 7.11. The summed E-state index contributed by atoms with van der Waals surface area (Å²) in [5.41, 5.74) is 0. The molecule has 0 atom stereocenters. The fourth-order valence-corrected chi connectivity index (χ4v) is 0.689. The maximum atomic E-state index is 7.11. The normalized spacial score (nSPS) is 11.4. The lowest BCUT2D eigenvalue weighted by Gasteiger charge is -2.12. The van der Waals surface area contributed by atoms with Crippen molar-refractivity contribution in [1.82, 2.24) is 4.90 Å². The van der Waals surface area contributed by atoms with Crippen LogP contribution >= 0.6 is 0 Å². The van der Waals surface area contributed by atoms with Crippen molar-refractivity contribution in [1.29, 1.82) is 5.41 Å². The molecule has 0 heterocycles. The molecule has 3 nitrogen and oxygen atoms in total. The van der Waals surface area contributed by atoms with Gasteiger partial charge in [-0.05, 0) is 6.92 Å². The first-order chi connectivity index (χ1) is 4.57. The Hall–Kier alpha value is -0.860. The molecule has 0 saturated carbocycles. The van der Waals surface area contributed by atoms with Crippen LogP contribution in [0, 0.1) is 5.41 Å². The zero-order valence-corrected chi connectivity index (χ0v) is 7.10. The molecule has 10 heavy (non-hydrogen) atoms. The van der Waals surface area contributed by atoms with Crippen LogP contribution in [0.5, 0.6) is 0 Å². The zero-order valence-electron chi connectivity index (χ0n) is 7.10. The van der Waals surface area contributed by atoms with Gasteiger partial charge < -0.3 is 4.90 Å². The van der Waals surface area contributed by atoms with Crippen LogP contribution in [-0.4, -0.2) is 30.7 Å². The van der Waals surface area contributed by atoms with Crippen LogP contribution in [0.4, 0.5) is 0 Å². The van der Waals surface area contributed by atoms with Crippen LogP contribution in [-0.2, 0) is 0 Å². The van der Waals surface area contributed by atoms with Gasteiger partial charge in [-0.1, -0.05) is 6.92 Å². The summed E-state index contributed by atoms with van der Waals surface area (Å²) in [6.07, 6.45) is 0.878. The molecule has 0 aliphatic carbocycles. The van der Waals surface area contributed by atoms with Crippen molar-refractivity contribution in [2.24, 2.45) is 4.99 Å². The summed E-state index contributed by atoms with van der Waals surface area (Å²) in [4.78, 5) is 5.95. The summed E-state index contributed by atoms with van der Waals surface area (Å²) in [6.45, 7) is 3.71. The molecular weight excluding hydrogens is 126 g/mol. The first-order valence-corrected chi connectivity index (χ1v) is 3.38. The van der Waals surface area contributed by atoms with Crippen LogP contribution in [0.3, 0.4) is 0 Å². The number of hydrogen-bond acceptors (Lipinski definition) is 1. The third kappa shape index (κ3) is 3.22. The van der Waals surface area contributed by atoms with E-state index in [0.29, 0.717) is 5.84 Å². The molecule has 0 rings (SSSR count). The van der Waals surface area contributed by atoms with Crippen molar-refractivity contribution in [3.8, 4) is 0 Å². The van der Waals surface area contributed by atoms with E-state index >= 15 is 0 Å². The second kappa shape index (κ2) is 4.04. The number of nitrogens with zero attached hydrogens (tertiary/aromatic N) is 2. The molecule has 3 heteroatoms. The van der Waals surface area contributed by atoms with E-state index in [4.69, 9.17) is 5.41 Å². The maximum absolute atomic E-state index is 7.11. The van der Waals surface area contributed by atoms with E-state index in [2.05, 4.69) is 4.99 Å². The molecule has 0 bridgehead atoms. The second-order valence-corrected chi connectivity index (χ2v) is 2.36. The Labute approximate surface area is 62.3 Å². The smallest absolute Gasteiger partial charge is 0.119 e. The average Bonchev–Trinajstić information content (AvgIpc) is 1.81. The molecule has 0 aromatic heterocycles. The van der Waals surface area contributed by atoms with E-state index in [1.54, 1.807) is 6.92 Å². The van der Waals surface area contributed by atoms with E-state index < -0.39 is 0 Å². The standard InChI is InChI=1S/C7H15N3/c1-5-7(10(3)4)9-6(2)8/h8H,5H2,1-4H3/b8-6?,9-7+. The van der Waals surface area contributed by atoms with Crippen LogP contribution < -0.4 is 0 Å². The van der Waals surface area contributed by atoms with E-state index in [-0.39, 0.29) is 0 Å². The molecule has 0 spiro atoms. The van der Waals surface area contributed by atoms with Crippen LogP contribution in [0.2, 0.25) is 0 Å². The van der Waals surface area contributed by atoms with Gasteiger partial charge in [-0.3, -0.25) is 5.41 Å². The Balaban J connectivity index is 4.18. The van der Waals surface area contributed by atoms with E-state index in [9.17, 15) is 0 Å². The first-order valence-electron chi connectivity index (χ1n) is 3.38. The topological polar surface area (TPSA) is 39.5 Å². The Morgan fingerprint density at radius 3 is 2.10 bits per heavy atom. The third-order valence-electron chi connectivity index (χ3n) is 1.13. The zero-order chi connectivity index (χ0) is 8.15. The molecule has 0 radical (unpaired) electrons. The molecule has 58 valence electrons. The first kappa shape index (κ1) is 9.14. The van der Waals surface area contributed by atoms with Crippen molar-refractivity contribution in [2.75, 3.05) is 14.1 Å². The molecule has 0 aliphatic heterocycles. The molecule has 0 fully saturated rings. The predicted molar refractivity (Wildman–Crippen MR) is 44.8 cm³/mol. The van der Waals surface area contributed by atoms with Gasteiger partial charge in [-0.2, -0.15) is 0 Å². The highest BCUT2D eigenvalue weighted by Crippen LogP contribution is 1.90. The van der Waals surface area contributed by atoms with Crippen LogP contribution in [0.1, 0.15) is 20.3 Å². The minimum Gasteiger partial charge on any atom is -0.366 e. The van der Waals surface area contributed by atoms with Crippen LogP contribution in [0.25, 0.3) is 0 Å². The minimum atomic E-state index is 0.366. The molecule has 0 aliphatic rings. The molecule has 0 aromatic carbocycles. The van der Waals surface area contributed by atoms with Crippen molar-refractivity contribution in [3.05, 3.63) is 0 Å². The monoisotopic (exact) mass is 141 g/mol. The summed E-state index contributed by atoms with van der Waals surface area (Å²) in [6, 6.07) is 0. The number of aliphatic imine (C=N–C) groups is 1. The highest BCUT2D eigenvalue weighted by atomic mass is 15.1. The lowest BCUT2D eigenvalue weighted by molar-refractivity contribution is 0.608. The lowest BCUT2D eigenvalue weighted by atomic mass is 10.4. The van der Waals surface area contributed by atoms with Gasteiger partial charge in [0.15, 0.2) is 0 Å². The SMILES string of the molecule is CC/C(=N\C(C)=N)N(C)C. The van der Waals surface area contributed by atoms with E-state index in [1.165, 1.54) is 0 Å². The van der Waals surface area contributed by atoms with E-state index in [0.717, 1.165) is 12.3 Å². The van der Waals surface area contributed by atoms with Gasteiger partial charge in [0, 0.05) is 20.5 Å². The summed E-state index contributed by atoms with van der Waals surface area (Å²) in [7, 11) is 3.87. The molecule has 0 saturated heterocycles. The van der Waals surface area contributed by atoms with Gasteiger partial charge >= 0.3 is 0 Å². The maximum Gasteiger partial charge on any atom is 0.119 e. The van der Waals surface area contributed by atoms with Gasteiger partial charge in [-0.25, -0.2) is 4.99 Å². The Kier molecular flexibility index (Phi) is 3.69. The Morgan fingerprint density at radius 2 is 2.00 bits per heavy atom. The van der Waals surface area contributed by atoms with Crippen molar-refractivity contribution in [3.63, 3.8) is 0 Å². The molecule has 0 aromatic rings. The molecule has 0 unspecified atom stereocenters. The van der Waals surface area contributed by atoms with Crippen molar-refractivity contribution >= 4 is 11.7 Å². The van der Waals surface area contributed by atoms with Crippen molar-refractivity contribution < 1.29 is 0 Å². The van der Waals surface area contributed by atoms with Gasteiger partial charge in [0.25, 0.3) is 0 Å². The molecule has 0 amide bonds. The van der Waals surface area contributed by atoms with Crippen LogP contribution in [0.15, 0.2) is 4.99 Å². The van der Waals surface area contributed by atoms with E-state index in [1.807, 2.05) is 25.9 Å². The lowest BCUT2D eigenvalue weighted by Crippen LogP contribution is -2.21. The Bertz CT molecular complexity index is 147. The number of amidine groups is 2. The summed E-state index contributed by atoms with van der Waals surface area (Å²) in [5.74, 6) is 1.32. The van der Waals surface area contributed by atoms with Crippen molar-refractivity contribution in [2.45, 2.75) is 20.3 Å². The molecular formula is C7H15N3. The average molecular weight is 141 g/mol. The van der Waals surface area contributed by atoms with Gasteiger partial charge in [0.05, 0.1) is 0 Å². The summed E-state index contributed by atoms with van der Waals surface area (Å²) < 4.78 is 0. The second-order valence-electron chi connectivity index (χ2n) is 2.36. The van der Waals surface area contributed by atoms with Gasteiger partial charge in [0.1, 0.15) is 11.7 Å². The summed E-state index contributed by atoms with van der Waals surface area (Å²) >= 11 is 0. The predicted octanol–water partition coefficient (Wildman–Crippen LogP) is 1.35. The Morgan fingerprint density at radius 1 is 1.50 bits per heavy atom. The minimum absolute atomic E-state index is 0.366. The van der Waals surface area contributed by atoms with Gasteiger partial charge in [0.2, 0.25) is 0 Å².